The summed E-state index contributed by atoms with van der Waals surface area (Å²) in [7, 11) is 0.572. The van der Waals surface area contributed by atoms with Gasteiger partial charge < -0.3 is 10.2 Å². The largest absolute Gasteiger partial charge is 0.348 e. The highest BCUT2D eigenvalue weighted by Gasteiger charge is 2.34. The zero-order valence-electron chi connectivity index (χ0n) is 13.9. The van der Waals surface area contributed by atoms with Gasteiger partial charge in [0.15, 0.2) is 0 Å². The van der Waals surface area contributed by atoms with Gasteiger partial charge in [0.25, 0.3) is 0 Å². The van der Waals surface area contributed by atoms with Crippen molar-refractivity contribution in [3.8, 4) is 0 Å². The summed E-state index contributed by atoms with van der Waals surface area (Å²) in [5.74, 6) is 0.100. The molecule has 25 heavy (non-hydrogen) atoms. The van der Waals surface area contributed by atoms with E-state index in [4.69, 9.17) is 23.2 Å². The van der Waals surface area contributed by atoms with E-state index in [1.165, 1.54) is 0 Å². The fraction of sp³-hybridized carbons (Fsp3) is 0.278. The number of amides is 1. The van der Waals surface area contributed by atoms with Crippen LogP contribution in [-0.2, 0) is 22.1 Å². The van der Waals surface area contributed by atoms with Gasteiger partial charge in [0.2, 0.25) is 5.91 Å². The molecule has 1 atom stereocenters. The Morgan fingerprint density at radius 2 is 2.00 bits per heavy atom. The van der Waals surface area contributed by atoms with Crippen molar-refractivity contribution < 1.29 is 9.00 Å². The molecule has 0 bridgehead atoms. The van der Waals surface area contributed by atoms with E-state index in [2.05, 4.69) is 5.32 Å². The van der Waals surface area contributed by atoms with E-state index in [0.717, 1.165) is 26.6 Å². The number of nitrogens with one attached hydrogen (secondary N) is 1. The van der Waals surface area contributed by atoms with Gasteiger partial charge in [-0.1, -0.05) is 23.7 Å². The lowest BCUT2D eigenvalue weighted by molar-refractivity contribution is -0.117. The van der Waals surface area contributed by atoms with Crippen LogP contribution in [0.25, 0.3) is 0 Å². The fourth-order valence-electron chi connectivity index (χ4n) is 2.96. The van der Waals surface area contributed by atoms with Gasteiger partial charge in [0.1, 0.15) is 5.03 Å². The van der Waals surface area contributed by atoms with Gasteiger partial charge in [-0.15, -0.1) is 11.6 Å². The summed E-state index contributed by atoms with van der Waals surface area (Å²) >= 11 is 11.8. The second-order valence-corrected chi connectivity index (χ2v) is 8.11. The quantitative estimate of drug-likeness (QED) is 0.789. The maximum absolute atomic E-state index is 12.5. The molecule has 2 heterocycles. The van der Waals surface area contributed by atoms with E-state index in [-0.39, 0.29) is 11.8 Å². The van der Waals surface area contributed by atoms with E-state index in [9.17, 15) is 9.00 Å². The molecule has 1 N–H and O–H groups in total. The number of nitrogens with zero attached hydrogens (tertiary/aromatic N) is 1. The van der Waals surface area contributed by atoms with E-state index >= 15 is 0 Å². The average molecular weight is 397 g/mol. The molecule has 0 radical (unpaired) electrons. The molecule has 0 fully saturated rings. The van der Waals surface area contributed by atoms with Gasteiger partial charge in [0, 0.05) is 41.7 Å². The molecule has 2 aliphatic rings. The van der Waals surface area contributed by atoms with Crippen molar-refractivity contribution in [3.63, 3.8) is 0 Å². The normalized spacial score (nSPS) is 19.9. The van der Waals surface area contributed by atoms with Crippen LogP contribution in [0, 0.1) is 0 Å². The number of halogens is 2. The number of hydrogen-bond donors (Lipinski definition) is 1. The van der Waals surface area contributed by atoms with Crippen molar-refractivity contribution in [1.29, 1.82) is 0 Å². The third kappa shape index (κ3) is 3.54. The zero-order valence-corrected chi connectivity index (χ0v) is 16.3. The van der Waals surface area contributed by atoms with Crippen LogP contribution in [0.15, 0.2) is 57.1 Å². The molecule has 2 aliphatic heterocycles. The molecular weight excluding hydrogens is 379 g/mol. The predicted octanol–water partition coefficient (Wildman–Crippen LogP) is 3.66. The Balaban J connectivity index is 1.72. The maximum Gasteiger partial charge on any atom is 0.249 e. The third-order valence-corrected chi connectivity index (χ3v) is 6.81. The summed E-state index contributed by atoms with van der Waals surface area (Å²) in [5, 5.41) is 4.33. The first-order chi connectivity index (χ1) is 11.9. The molecule has 132 valence electrons. The number of carbonyl (C=O) groups excluding carboxylic acids is 1. The molecule has 3 rings (SSSR count). The molecule has 7 heteroatoms. The van der Waals surface area contributed by atoms with Crippen molar-refractivity contribution in [2.24, 2.45) is 0 Å². The molecule has 0 aromatic heterocycles. The lowest BCUT2D eigenvalue weighted by atomic mass is 9.97. The van der Waals surface area contributed by atoms with Crippen LogP contribution in [0.2, 0.25) is 5.02 Å². The van der Waals surface area contributed by atoms with E-state index < -0.39 is 10.8 Å². The van der Waals surface area contributed by atoms with Crippen LogP contribution in [0.5, 0.6) is 0 Å². The summed E-state index contributed by atoms with van der Waals surface area (Å²) in [6.07, 6.45) is 2.21. The molecule has 0 spiro atoms. The van der Waals surface area contributed by atoms with Gasteiger partial charge >= 0.3 is 0 Å². The number of alkyl halides is 1. The molecule has 1 aromatic rings. The Hall–Kier alpha value is -1.56. The Morgan fingerprint density at radius 1 is 1.32 bits per heavy atom. The van der Waals surface area contributed by atoms with Gasteiger partial charge in [-0.05, 0) is 35.8 Å². The highest BCUT2D eigenvalue weighted by atomic mass is 35.5. The lowest BCUT2D eigenvalue weighted by Crippen LogP contribution is -2.29. The van der Waals surface area contributed by atoms with Crippen LogP contribution in [-0.4, -0.2) is 27.9 Å². The molecule has 0 saturated carbocycles. The second-order valence-electron chi connectivity index (χ2n) is 5.99. The summed E-state index contributed by atoms with van der Waals surface area (Å²) in [5.41, 5.74) is 3.49. The highest BCUT2D eigenvalue weighted by molar-refractivity contribution is 7.93. The number of allylic oxidation sites excluding steroid dienone is 3. The van der Waals surface area contributed by atoms with E-state index in [0.29, 0.717) is 23.6 Å². The average Bonchev–Trinajstić information content (AvgIpc) is 2.84. The SMILES string of the molecule is CC1=C(CCl)S(=O)C2=C1CC(C(=O)NCc1ccc(Cl)cc1)=CN2C. The van der Waals surface area contributed by atoms with Gasteiger partial charge in [-0.3, -0.25) is 4.79 Å². The molecule has 4 nitrogen and oxygen atoms in total. The Labute approximate surface area is 159 Å². The van der Waals surface area contributed by atoms with Crippen LogP contribution < -0.4 is 5.32 Å². The first-order valence-electron chi connectivity index (χ1n) is 7.79. The lowest BCUT2D eigenvalue weighted by Gasteiger charge is -2.24. The highest BCUT2D eigenvalue weighted by Crippen LogP contribution is 2.40. The van der Waals surface area contributed by atoms with Crippen molar-refractivity contribution in [2.75, 3.05) is 12.9 Å². The number of benzene rings is 1. The van der Waals surface area contributed by atoms with Gasteiger partial charge in [0.05, 0.1) is 16.7 Å². The minimum absolute atomic E-state index is 0.133. The van der Waals surface area contributed by atoms with Crippen LogP contribution in [0.3, 0.4) is 0 Å². The summed E-state index contributed by atoms with van der Waals surface area (Å²) in [6, 6.07) is 7.35. The van der Waals surface area contributed by atoms with Crippen molar-refractivity contribution >= 4 is 39.9 Å². The second kappa shape index (κ2) is 7.36. The van der Waals surface area contributed by atoms with E-state index in [1.807, 2.05) is 26.1 Å². The van der Waals surface area contributed by atoms with Gasteiger partial charge in [-0.25, -0.2) is 4.21 Å². The van der Waals surface area contributed by atoms with Crippen molar-refractivity contribution in [1.82, 2.24) is 10.2 Å². The number of rotatable bonds is 4. The monoisotopic (exact) mass is 396 g/mol. The Kier molecular flexibility index (Phi) is 5.37. The van der Waals surface area contributed by atoms with E-state index in [1.54, 1.807) is 23.2 Å². The standard InChI is InChI=1S/C18H18Cl2N2O2S/c1-11-15-7-13(10-22(2)18(15)25(24)16(11)8-19)17(23)21-9-12-3-5-14(20)6-4-12/h3-6,10H,7-9H2,1-2H3,(H,21,23). The molecular formula is C18H18Cl2N2O2S. The van der Waals surface area contributed by atoms with Crippen LogP contribution in [0.1, 0.15) is 18.9 Å². The molecule has 1 amide bonds. The summed E-state index contributed by atoms with van der Waals surface area (Å²) in [6.45, 7) is 2.34. The minimum atomic E-state index is -1.24. The number of hydrogen-bond acceptors (Lipinski definition) is 3. The molecule has 1 aromatic carbocycles. The topological polar surface area (TPSA) is 49.4 Å². The zero-order chi connectivity index (χ0) is 18.1. The molecule has 0 saturated heterocycles. The predicted molar refractivity (Wildman–Crippen MR) is 102 cm³/mol. The third-order valence-electron chi connectivity index (χ3n) is 4.34. The Morgan fingerprint density at radius 3 is 2.64 bits per heavy atom. The van der Waals surface area contributed by atoms with Crippen molar-refractivity contribution in [3.05, 3.63) is 67.7 Å². The van der Waals surface area contributed by atoms with Crippen LogP contribution >= 0.6 is 23.2 Å². The summed E-state index contributed by atoms with van der Waals surface area (Å²) in [4.78, 5) is 15.0. The summed E-state index contributed by atoms with van der Waals surface area (Å²) < 4.78 is 12.5. The first kappa shape index (κ1) is 18.2. The van der Waals surface area contributed by atoms with Crippen LogP contribution in [0.4, 0.5) is 0 Å². The first-order valence-corrected chi connectivity index (χ1v) is 9.85. The fourth-order valence-corrected chi connectivity index (χ4v) is 5.08. The molecule has 0 aliphatic carbocycles. The number of carbonyl (C=O) groups is 1. The molecule has 1 unspecified atom stereocenters. The maximum atomic E-state index is 12.5. The Bertz CT molecular complexity index is 841. The van der Waals surface area contributed by atoms with Crippen molar-refractivity contribution in [2.45, 2.75) is 19.9 Å². The van der Waals surface area contributed by atoms with Gasteiger partial charge in [-0.2, -0.15) is 0 Å². The smallest absolute Gasteiger partial charge is 0.249 e. The minimum Gasteiger partial charge on any atom is -0.348 e.